The lowest BCUT2D eigenvalue weighted by Gasteiger charge is -2.17. The lowest BCUT2D eigenvalue weighted by Crippen LogP contribution is -2.31. The van der Waals surface area contributed by atoms with Gasteiger partial charge in [-0.05, 0) is 31.4 Å². The van der Waals surface area contributed by atoms with Gasteiger partial charge in [0.05, 0.1) is 5.69 Å². The zero-order chi connectivity index (χ0) is 15.5. The van der Waals surface area contributed by atoms with E-state index in [1.54, 1.807) is 31.4 Å². The van der Waals surface area contributed by atoms with Gasteiger partial charge in [-0.3, -0.25) is 9.48 Å². The van der Waals surface area contributed by atoms with Crippen molar-refractivity contribution in [3.8, 4) is 0 Å². The van der Waals surface area contributed by atoms with Crippen molar-refractivity contribution in [3.05, 3.63) is 57.9 Å². The smallest absolute Gasteiger partial charge is 0.256 e. The maximum atomic E-state index is 12.4. The van der Waals surface area contributed by atoms with Crippen LogP contribution in [0, 0.1) is 13.8 Å². The highest BCUT2D eigenvalue weighted by Gasteiger charge is 2.20. The number of aromatic nitrogens is 3. The van der Waals surface area contributed by atoms with Gasteiger partial charge in [-0.25, -0.2) is 0 Å². The molecule has 0 aromatic carbocycles. The molecule has 3 aromatic rings. The molecule has 0 aliphatic carbocycles. The topological polar surface area (TPSA) is 73.0 Å². The molecule has 3 aromatic heterocycles. The molecule has 3 heterocycles. The molecule has 1 amide bonds. The first-order chi connectivity index (χ1) is 10.7. The van der Waals surface area contributed by atoms with Crippen molar-refractivity contribution >= 4 is 17.2 Å². The second-order valence-electron chi connectivity index (χ2n) is 4.93. The number of carbonyl (C=O) groups excluding carboxylic acids is 1. The van der Waals surface area contributed by atoms with Crippen LogP contribution in [-0.2, 0) is 0 Å². The number of nitrogens with one attached hydrogen (secondary N) is 1. The molecule has 0 unspecified atom stereocenters. The Kier molecular flexibility index (Phi) is 4.06. The normalized spacial score (nSPS) is 12.3. The Balaban J connectivity index is 1.77. The van der Waals surface area contributed by atoms with Gasteiger partial charge in [-0.15, -0.1) is 11.3 Å². The number of hydrogen-bond donors (Lipinski definition) is 1. The Bertz CT molecular complexity index is 693. The molecule has 0 aliphatic heterocycles. The van der Waals surface area contributed by atoms with Gasteiger partial charge in [-0.2, -0.15) is 5.10 Å². The molecular formula is C15H16N4O2S. The molecule has 7 heteroatoms. The fourth-order valence-corrected chi connectivity index (χ4v) is 3.18. The molecule has 3 rings (SSSR count). The maximum absolute atomic E-state index is 12.4. The van der Waals surface area contributed by atoms with E-state index in [0.717, 1.165) is 4.88 Å². The molecule has 22 heavy (non-hydrogen) atoms. The highest BCUT2D eigenvalue weighted by molar-refractivity contribution is 7.10. The summed E-state index contributed by atoms with van der Waals surface area (Å²) in [5.41, 5.74) is 1.10. The largest absolute Gasteiger partial charge is 0.361 e. The zero-order valence-electron chi connectivity index (χ0n) is 12.3. The molecule has 1 atom stereocenters. The number of thiophene rings is 1. The highest BCUT2D eigenvalue weighted by Crippen LogP contribution is 2.22. The first kappa shape index (κ1) is 14.5. The van der Waals surface area contributed by atoms with Crippen LogP contribution >= 0.6 is 11.3 Å². The summed E-state index contributed by atoms with van der Waals surface area (Å²) < 4.78 is 6.89. The fourth-order valence-electron chi connectivity index (χ4n) is 2.36. The average molecular weight is 316 g/mol. The second-order valence-corrected chi connectivity index (χ2v) is 5.91. The number of nitrogens with zero attached hydrogens (tertiary/aromatic N) is 3. The molecule has 0 fully saturated rings. The lowest BCUT2D eigenvalue weighted by atomic mass is 10.2. The van der Waals surface area contributed by atoms with Crippen molar-refractivity contribution in [1.82, 2.24) is 20.3 Å². The molecule has 0 aliphatic rings. The van der Waals surface area contributed by atoms with Crippen molar-refractivity contribution in [2.45, 2.75) is 19.9 Å². The molecule has 0 saturated carbocycles. The summed E-state index contributed by atoms with van der Waals surface area (Å²) >= 11 is 1.64. The van der Waals surface area contributed by atoms with E-state index in [-0.39, 0.29) is 11.9 Å². The molecule has 1 N–H and O–H groups in total. The number of rotatable bonds is 5. The molecule has 0 saturated heterocycles. The number of aryl methyl sites for hydroxylation is 2. The van der Waals surface area contributed by atoms with Gasteiger partial charge in [0.1, 0.15) is 17.4 Å². The van der Waals surface area contributed by atoms with Crippen LogP contribution < -0.4 is 5.32 Å². The van der Waals surface area contributed by atoms with Crippen LogP contribution in [0.25, 0.3) is 0 Å². The van der Waals surface area contributed by atoms with E-state index in [4.69, 9.17) is 4.52 Å². The summed E-state index contributed by atoms with van der Waals surface area (Å²) in [7, 11) is 0. The molecule has 0 spiro atoms. The first-order valence-corrected chi connectivity index (χ1v) is 7.78. The van der Waals surface area contributed by atoms with E-state index in [9.17, 15) is 4.79 Å². The van der Waals surface area contributed by atoms with Crippen LogP contribution in [0.2, 0.25) is 0 Å². The third-order valence-electron chi connectivity index (χ3n) is 3.43. The van der Waals surface area contributed by atoms with E-state index >= 15 is 0 Å². The number of amides is 1. The van der Waals surface area contributed by atoms with Crippen LogP contribution in [0.4, 0.5) is 0 Å². The number of hydrogen-bond acceptors (Lipinski definition) is 5. The van der Waals surface area contributed by atoms with Crippen molar-refractivity contribution in [2.75, 3.05) is 6.54 Å². The van der Waals surface area contributed by atoms with Gasteiger partial charge >= 0.3 is 0 Å². The SMILES string of the molecule is Cc1noc(C)c1C(=O)NC[C@H](c1cccs1)n1cccn1. The van der Waals surface area contributed by atoms with Crippen molar-refractivity contribution in [3.63, 3.8) is 0 Å². The van der Waals surface area contributed by atoms with Gasteiger partial charge in [0.25, 0.3) is 5.91 Å². The summed E-state index contributed by atoms with van der Waals surface area (Å²) in [6.07, 6.45) is 3.63. The van der Waals surface area contributed by atoms with E-state index in [0.29, 0.717) is 23.6 Å². The molecule has 6 nitrogen and oxygen atoms in total. The predicted molar refractivity (Wildman–Crippen MR) is 83.0 cm³/mol. The third kappa shape index (κ3) is 2.80. The summed E-state index contributed by atoms with van der Waals surface area (Å²) in [5.74, 6) is 0.353. The van der Waals surface area contributed by atoms with Crippen LogP contribution in [0.15, 0.2) is 40.5 Å². The quantitative estimate of drug-likeness (QED) is 0.785. The Morgan fingerprint density at radius 1 is 1.45 bits per heavy atom. The van der Waals surface area contributed by atoms with E-state index < -0.39 is 0 Å². The van der Waals surface area contributed by atoms with Gasteiger partial charge in [0.15, 0.2) is 0 Å². The van der Waals surface area contributed by atoms with Gasteiger partial charge in [0, 0.05) is 23.8 Å². The summed E-state index contributed by atoms with van der Waals surface area (Å²) in [6.45, 7) is 3.94. The zero-order valence-corrected chi connectivity index (χ0v) is 13.1. The standard InChI is InChI=1S/C15H16N4O2S/c1-10-14(11(2)21-18-10)15(20)16-9-12(13-5-3-8-22-13)19-7-4-6-17-19/h3-8,12H,9H2,1-2H3,(H,16,20)/t12-/m1/s1. The van der Waals surface area contributed by atoms with E-state index in [2.05, 4.69) is 15.6 Å². The van der Waals surface area contributed by atoms with E-state index in [1.807, 2.05) is 34.5 Å². The summed E-state index contributed by atoms with van der Waals surface area (Å²) in [5, 5.41) is 13.1. The molecule has 0 bridgehead atoms. The Morgan fingerprint density at radius 2 is 2.32 bits per heavy atom. The van der Waals surface area contributed by atoms with Crippen molar-refractivity contribution in [1.29, 1.82) is 0 Å². The summed E-state index contributed by atoms with van der Waals surface area (Å²) in [4.78, 5) is 13.5. The Labute approximate surface area is 131 Å². The Morgan fingerprint density at radius 3 is 2.91 bits per heavy atom. The highest BCUT2D eigenvalue weighted by atomic mass is 32.1. The monoisotopic (exact) mass is 316 g/mol. The van der Waals surface area contributed by atoms with Crippen LogP contribution in [0.1, 0.15) is 32.7 Å². The van der Waals surface area contributed by atoms with Crippen LogP contribution in [0.5, 0.6) is 0 Å². The van der Waals surface area contributed by atoms with Gasteiger partial charge < -0.3 is 9.84 Å². The number of carbonyl (C=O) groups is 1. The average Bonchev–Trinajstić information content (AvgIpc) is 3.22. The van der Waals surface area contributed by atoms with Gasteiger partial charge in [-0.1, -0.05) is 11.2 Å². The summed E-state index contributed by atoms with van der Waals surface area (Å²) in [6, 6.07) is 5.88. The molecule has 114 valence electrons. The molecule has 0 radical (unpaired) electrons. The fraction of sp³-hybridized carbons (Fsp3) is 0.267. The van der Waals surface area contributed by atoms with Gasteiger partial charge in [0.2, 0.25) is 0 Å². The van der Waals surface area contributed by atoms with Crippen molar-refractivity contribution in [2.24, 2.45) is 0 Å². The first-order valence-electron chi connectivity index (χ1n) is 6.90. The molecular weight excluding hydrogens is 300 g/mol. The minimum Gasteiger partial charge on any atom is -0.361 e. The maximum Gasteiger partial charge on any atom is 0.256 e. The third-order valence-corrected chi connectivity index (χ3v) is 4.41. The predicted octanol–water partition coefficient (Wildman–Crippen LogP) is 2.57. The van der Waals surface area contributed by atoms with Crippen LogP contribution in [0.3, 0.4) is 0 Å². The van der Waals surface area contributed by atoms with Crippen LogP contribution in [-0.4, -0.2) is 27.4 Å². The minimum atomic E-state index is -0.176. The van der Waals surface area contributed by atoms with E-state index in [1.165, 1.54) is 0 Å². The van der Waals surface area contributed by atoms with Crippen molar-refractivity contribution < 1.29 is 9.32 Å². The Hall–Kier alpha value is -2.41. The lowest BCUT2D eigenvalue weighted by molar-refractivity contribution is 0.0947. The second kappa shape index (κ2) is 6.15. The minimum absolute atomic E-state index is 0.0283.